The third-order valence-electron chi connectivity index (χ3n) is 4.41. The predicted octanol–water partition coefficient (Wildman–Crippen LogP) is 3.07. The Morgan fingerprint density at radius 2 is 1.80 bits per heavy atom. The molecule has 0 aliphatic carbocycles. The molecule has 1 amide bonds. The van der Waals surface area contributed by atoms with E-state index in [2.05, 4.69) is 9.71 Å². The highest BCUT2D eigenvalue weighted by molar-refractivity contribution is 7.91. The molecule has 0 atom stereocenters. The monoisotopic (exact) mass is 429 g/mol. The standard InChI is InChI=1S/C21H20FN3O4S/c22-20-12-19(10-9-17(20)6-3-15-2-1-11-23-13-15)25-30(28,29)14-16-4-7-18(8-5-16)21(26)24-27/h1-2,4-5,7-13,25,27H,3,6,14H2,(H,24,26). The minimum absolute atomic E-state index is 0.133. The summed E-state index contributed by atoms with van der Waals surface area (Å²) in [4.78, 5) is 15.3. The van der Waals surface area contributed by atoms with Gasteiger partial charge >= 0.3 is 0 Å². The molecule has 3 aromatic rings. The van der Waals surface area contributed by atoms with Gasteiger partial charge in [0.25, 0.3) is 5.91 Å². The summed E-state index contributed by atoms with van der Waals surface area (Å²) >= 11 is 0. The molecule has 0 unspecified atom stereocenters. The SMILES string of the molecule is O=C(NO)c1ccc(CS(=O)(=O)Nc2ccc(CCc3cccnc3)c(F)c2)cc1. The first kappa shape index (κ1) is 21.4. The summed E-state index contributed by atoms with van der Waals surface area (Å²) in [6.45, 7) is 0. The molecule has 3 rings (SSSR count). The van der Waals surface area contributed by atoms with E-state index in [1.165, 1.54) is 35.8 Å². The van der Waals surface area contributed by atoms with Crippen LogP contribution in [-0.4, -0.2) is 24.5 Å². The number of aryl methyl sites for hydroxylation is 2. The van der Waals surface area contributed by atoms with Gasteiger partial charge in [-0.25, -0.2) is 18.3 Å². The van der Waals surface area contributed by atoms with Crippen molar-refractivity contribution in [3.8, 4) is 0 Å². The summed E-state index contributed by atoms with van der Waals surface area (Å²) in [6.07, 6.45) is 4.49. The van der Waals surface area contributed by atoms with Gasteiger partial charge in [-0.1, -0.05) is 24.3 Å². The molecule has 2 aromatic carbocycles. The lowest BCUT2D eigenvalue weighted by Gasteiger charge is -2.10. The number of benzene rings is 2. The van der Waals surface area contributed by atoms with Crippen molar-refractivity contribution in [1.29, 1.82) is 0 Å². The number of nitrogens with zero attached hydrogens (tertiary/aromatic N) is 1. The largest absolute Gasteiger partial charge is 0.288 e. The Balaban J connectivity index is 1.63. The van der Waals surface area contributed by atoms with E-state index < -0.39 is 21.7 Å². The van der Waals surface area contributed by atoms with Gasteiger partial charge in [-0.2, -0.15) is 0 Å². The van der Waals surface area contributed by atoms with Crippen molar-refractivity contribution in [1.82, 2.24) is 10.5 Å². The van der Waals surface area contributed by atoms with Gasteiger partial charge in [0.1, 0.15) is 5.82 Å². The predicted molar refractivity (Wildman–Crippen MR) is 110 cm³/mol. The van der Waals surface area contributed by atoms with Gasteiger partial charge < -0.3 is 0 Å². The number of nitrogens with one attached hydrogen (secondary N) is 2. The summed E-state index contributed by atoms with van der Waals surface area (Å²) in [5.74, 6) is -1.53. The number of pyridine rings is 1. The maximum atomic E-state index is 14.4. The van der Waals surface area contributed by atoms with Crippen LogP contribution in [0.25, 0.3) is 0 Å². The molecule has 0 bridgehead atoms. The average molecular weight is 429 g/mol. The van der Waals surface area contributed by atoms with Gasteiger partial charge in [0, 0.05) is 18.0 Å². The fraction of sp³-hybridized carbons (Fsp3) is 0.143. The zero-order chi connectivity index (χ0) is 21.6. The zero-order valence-corrected chi connectivity index (χ0v) is 16.7. The lowest BCUT2D eigenvalue weighted by atomic mass is 10.1. The van der Waals surface area contributed by atoms with Gasteiger partial charge in [0.2, 0.25) is 10.0 Å². The van der Waals surface area contributed by atoms with Crippen LogP contribution in [0.1, 0.15) is 27.0 Å². The second-order valence-corrected chi connectivity index (χ2v) is 8.39. The lowest BCUT2D eigenvalue weighted by molar-refractivity contribution is 0.0706. The Kier molecular flexibility index (Phi) is 6.76. The van der Waals surface area contributed by atoms with Crippen LogP contribution in [-0.2, 0) is 28.6 Å². The summed E-state index contributed by atoms with van der Waals surface area (Å²) in [6, 6.07) is 13.7. The fourth-order valence-electron chi connectivity index (χ4n) is 2.89. The first-order chi connectivity index (χ1) is 14.4. The third-order valence-corrected chi connectivity index (χ3v) is 5.67. The van der Waals surface area contributed by atoms with Crippen LogP contribution in [0.5, 0.6) is 0 Å². The van der Waals surface area contributed by atoms with Crippen LogP contribution in [0.15, 0.2) is 67.0 Å². The molecular weight excluding hydrogens is 409 g/mol. The van der Waals surface area contributed by atoms with Crippen molar-refractivity contribution in [3.63, 3.8) is 0 Å². The highest BCUT2D eigenvalue weighted by atomic mass is 32.2. The topological polar surface area (TPSA) is 108 Å². The van der Waals surface area contributed by atoms with Crippen LogP contribution in [0.2, 0.25) is 0 Å². The first-order valence-corrected chi connectivity index (χ1v) is 10.7. The summed E-state index contributed by atoms with van der Waals surface area (Å²) in [7, 11) is -3.79. The molecule has 1 aromatic heterocycles. The van der Waals surface area contributed by atoms with E-state index in [4.69, 9.17) is 5.21 Å². The molecule has 0 saturated carbocycles. The van der Waals surface area contributed by atoms with Crippen molar-refractivity contribution in [2.75, 3.05) is 4.72 Å². The number of anilines is 1. The molecule has 0 spiro atoms. The smallest absolute Gasteiger partial charge is 0.274 e. The molecule has 0 aliphatic rings. The Labute approximate surface area is 173 Å². The Bertz CT molecular complexity index is 1120. The zero-order valence-electron chi connectivity index (χ0n) is 15.9. The first-order valence-electron chi connectivity index (χ1n) is 9.07. The number of aromatic nitrogens is 1. The van der Waals surface area contributed by atoms with Gasteiger partial charge in [-0.05, 0) is 59.9 Å². The molecule has 30 heavy (non-hydrogen) atoms. The van der Waals surface area contributed by atoms with Gasteiger partial charge in [-0.3, -0.25) is 19.7 Å². The van der Waals surface area contributed by atoms with Crippen molar-refractivity contribution in [3.05, 3.63) is 95.1 Å². The van der Waals surface area contributed by atoms with E-state index in [9.17, 15) is 17.6 Å². The molecule has 0 radical (unpaired) electrons. The molecule has 156 valence electrons. The number of hydrogen-bond acceptors (Lipinski definition) is 5. The number of carbonyl (C=O) groups excluding carboxylic acids is 1. The lowest BCUT2D eigenvalue weighted by Crippen LogP contribution is -2.19. The maximum Gasteiger partial charge on any atom is 0.274 e. The van der Waals surface area contributed by atoms with Crippen LogP contribution in [0, 0.1) is 5.82 Å². The molecule has 1 heterocycles. The van der Waals surface area contributed by atoms with E-state index >= 15 is 0 Å². The van der Waals surface area contributed by atoms with E-state index in [0.717, 1.165) is 11.6 Å². The average Bonchev–Trinajstić information content (AvgIpc) is 2.73. The van der Waals surface area contributed by atoms with Crippen molar-refractivity contribution in [2.45, 2.75) is 18.6 Å². The number of halogens is 1. The maximum absolute atomic E-state index is 14.4. The molecule has 0 saturated heterocycles. The minimum atomic E-state index is -3.79. The minimum Gasteiger partial charge on any atom is -0.288 e. The van der Waals surface area contributed by atoms with Crippen LogP contribution < -0.4 is 10.2 Å². The molecule has 3 N–H and O–H groups in total. The van der Waals surface area contributed by atoms with E-state index in [0.29, 0.717) is 24.0 Å². The molecular formula is C21H20FN3O4S. The van der Waals surface area contributed by atoms with Gasteiger partial charge in [0.15, 0.2) is 0 Å². The Hall–Kier alpha value is -3.30. The molecule has 9 heteroatoms. The fourth-order valence-corrected chi connectivity index (χ4v) is 4.08. The number of hydroxylamine groups is 1. The number of hydrogen-bond donors (Lipinski definition) is 3. The Morgan fingerprint density at radius 1 is 1.03 bits per heavy atom. The van der Waals surface area contributed by atoms with Crippen LogP contribution >= 0.6 is 0 Å². The molecule has 0 aliphatic heterocycles. The summed E-state index contributed by atoms with van der Waals surface area (Å²) < 4.78 is 41.5. The highest BCUT2D eigenvalue weighted by Gasteiger charge is 2.14. The molecule has 0 fully saturated rings. The summed E-state index contributed by atoms with van der Waals surface area (Å²) in [5, 5.41) is 8.60. The third kappa shape index (κ3) is 5.85. The quantitative estimate of drug-likeness (QED) is 0.377. The summed E-state index contributed by atoms with van der Waals surface area (Å²) in [5.41, 5.74) is 3.74. The Morgan fingerprint density at radius 3 is 2.43 bits per heavy atom. The van der Waals surface area contributed by atoms with Crippen molar-refractivity contribution >= 4 is 21.6 Å². The highest BCUT2D eigenvalue weighted by Crippen LogP contribution is 2.19. The number of sulfonamides is 1. The van der Waals surface area contributed by atoms with E-state index in [-0.39, 0.29) is 17.0 Å². The van der Waals surface area contributed by atoms with E-state index in [1.54, 1.807) is 18.5 Å². The van der Waals surface area contributed by atoms with Crippen LogP contribution in [0.4, 0.5) is 10.1 Å². The second kappa shape index (κ2) is 9.47. The number of carbonyl (C=O) groups is 1. The number of rotatable bonds is 8. The van der Waals surface area contributed by atoms with Gasteiger partial charge in [0.05, 0.1) is 11.4 Å². The molecule has 7 nitrogen and oxygen atoms in total. The normalized spacial score (nSPS) is 11.1. The second-order valence-electron chi connectivity index (χ2n) is 6.67. The van der Waals surface area contributed by atoms with Crippen molar-refractivity contribution < 1.29 is 22.8 Å². The van der Waals surface area contributed by atoms with Crippen LogP contribution in [0.3, 0.4) is 0 Å². The van der Waals surface area contributed by atoms with E-state index in [1.807, 2.05) is 12.1 Å². The van der Waals surface area contributed by atoms with Crippen molar-refractivity contribution in [2.24, 2.45) is 0 Å². The number of amides is 1. The van der Waals surface area contributed by atoms with Gasteiger partial charge in [-0.15, -0.1) is 0 Å².